The lowest BCUT2D eigenvalue weighted by Gasteiger charge is -2.26. The van der Waals surface area contributed by atoms with E-state index in [-0.39, 0.29) is 37.3 Å². The molecule has 8 nitrogen and oxygen atoms in total. The van der Waals surface area contributed by atoms with E-state index in [0.717, 1.165) is 22.3 Å². The van der Waals surface area contributed by atoms with Gasteiger partial charge in [-0.15, -0.1) is 0 Å². The van der Waals surface area contributed by atoms with E-state index in [9.17, 15) is 14.7 Å². The van der Waals surface area contributed by atoms with E-state index in [2.05, 4.69) is 13.8 Å². The Morgan fingerprint density at radius 1 is 0.723 bits per heavy atom. The Bertz CT molecular complexity index is 1850. The maximum atomic E-state index is 14.8. The summed E-state index contributed by atoms with van der Waals surface area (Å²) in [6.45, 7) is 5.00. The molecule has 1 amide bonds. The maximum Gasteiger partial charge on any atom is 0.335 e. The van der Waals surface area contributed by atoms with Crippen LogP contribution in [0.25, 0.3) is 0 Å². The summed E-state index contributed by atoms with van der Waals surface area (Å²) in [6.07, 6.45) is 0. The van der Waals surface area contributed by atoms with Crippen LogP contribution in [0, 0.1) is 0 Å². The van der Waals surface area contributed by atoms with Gasteiger partial charge in [0, 0.05) is 17.8 Å². The van der Waals surface area contributed by atoms with E-state index in [1.165, 1.54) is 12.1 Å². The lowest BCUT2D eigenvalue weighted by molar-refractivity contribution is 0.0696. The molecule has 6 rings (SSSR count). The first-order valence-electron chi connectivity index (χ1n) is 15.4. The topological polar surface area (TPSA) is 94.5 Å². The second-order valence-electron chi connectivity index (χ2n) is 11.5. The van der Waals surface area contributed by atoms with Gasteiger partial charge in [-0.3, -0.25) is 4.79 Å². The lowest BCUT2D eigenvalue weighted by atomic mass is 9.97. The number of benzene rings is 5. The van der Waals surface area contributed by atoms with Gasteiger partial charge in [0.25, 0.3) is 5.91 Å². The molecular weight excluding hydrogens is 594 g/mol. The van der Waals surface area contributed by atoms with Gasteiger partial charge in [-0.25, -0.2) is 4.79 Å². The Hall–Kier alpha value is -5.76. The van der Waals surface area contributed by atoms with Gasteiger partial charge in [0.05, 0.1) is 17.7 Å². The molecule has 1 aliphatic rings. The fourth-order valence-corrected chi connectivity index (χ4v) is 5.33. The summed E-state index contributed by atoms with van der Waals surface area (Å²) >= 11 is 0. The molecule has 8 heteroatoms. The molecule has 1 N–H and O–H groups in total. The number of anilines is 1. The zero-order chi connectivity index (χ0) is 32.8. The molecule has 0 aliphatic carbocycles. The predicted molar refractivity (Wildman–Crippen MR) is 179 cm³/mol. The van der Waals surface area contributed by atoms with Gasteiger partial charge in [-0.2, -0.15) is 0 Å². The Balaban J connectivity index is 1.41. The lowest BCUT2D eigenvalue weighted by Crippen LogP contribution is -2.31. The third-order valence-corrected chi connectivity index (χ3v) is 7.89. The molecule has 5 aromatic rings. The van der Waals surface area contributed by atoms with Crippen molar-refractivity contribution in [1.82, 2.24) is 0 Å². The fraction of sp³-hybridized carbons (Fsp3) is 0.179. The van der Waals surface area contributed by atoms with Gasteiger partial charge in [-0.05, 0) is 58.5 Å². The van der Waals surface area contributed by atoms with Crippen LogP contribution in [0.4, 0.5) is 5.69 Å². The van der Waals surface area contributed by atoms with E-state index in [0.29, 0.717) is 40.9 Å². The molecule has 0 spiro atoms. The van der Waals surface area contributed by atoms with Crippen molar-refractivity contribution < 1.29 is 33.6 Å². The molecule has 47 heavy (non-hydrogen) atoms. The summed E-state index contributed by atoms with van der Waals surface area (Å²) in [6, 6.07) is 35.2. The average Bonchev–Trinajstić information content (AvgIpc) is 3.57. The summed E-state index contributed by atoms with van der Waals surface area (Å²) in [7, 11) is 0. The number of hydrogen-bond acceptors (Lipinski definition) is 6. The highest BCUT2D eigenvalue weighted by Crippen LogP contribution is 2.39. The second-order valence-corrected chi connectivity index (χ2v) is 11.5. The van der Waals surface area contributed by atoms with Crippen molar-refractivity contribution in [2.75, 3.05) is 11.7 Å². The molecule has 0 saturated heterocycles. The van der Waals surface area contributed by atoms with Crippen LogP contribution in [0.15, 0.2) is 115 Å². The first-order chi connectivity index (χ1) is 22.9. The summed E-state index contributed by atoms with van der Waals surface area (Å²) in [4.78, 5) is 27.9. The third-order valence-electron chi connectivity index (χ3n) is 7.89. The predicted octanol–water partition coefficient (Wildman–Crippen LogP) is 8.24. The van der Waals surface area contributed by atoms with Gasteiger partial charge in [-0.1, -0.05) is 86.6 Å². The van der Waals surface area contributed by atoms with Crippen molar-refractivity contribution in [1.29, 1.82) is 0 Å². The molecule has 1 heterocycles. The Morgan fingerprint density at radius 3 is 1.96 bits per heavy atom. The number of fused-ring (bicyclic) bond motifs is 1. The van der Waals surface area contributed by atoms with Crippen LogP contribution in [0.5, 0.6) is 23.0 Å². The largest absolute Gasteiger partial charge is 0.488 e. The zero-order valence-corrected chi connectivity index (χ0v) is 26.2. The number of carboxylic acid groups (broad SMARTS) is 1. The van der Waals surface area contributed by atoms with E-state index < -0.39 is 5.97 Å². The van der Waals surface area contributed by atoms with Crippen LogP contribution >= 0.6 is 0 Å². The molecule has 0 saturated carbocycles. The summed E-state index contributed by atoms with van der Waals surface area (Å²) in [5, 5.41) is 9.41. The Kier molecular flexibility index (Phi) is 9.38. The van der Waals surface area contributed by atoms with Crippen LogP contribution < -0.4 is 23.8 Å². The van der Waals surface area contributed by atoms with Crippen molar-refractivity contribution in [3.63, 3.8) is 0 Å². The molecule has 0 atom stereocenters. The van der Waals surface area contributed by atoms with Gasteiger partial charge in [0.1, 0.15) is 24.7 Å². The molecule has 0 bridgehead atoms. The Morgan fingerprint density at radius 2 is 1.34 bits per heavy atom. The van der Waals surface area contributed by atoms with Crippen LogP contribution in [0.2, 0.25) is 0 Å². The minimum Gasteiger partial charge on any atom is -0.488 e. The van der Waals surface area contributed by atoms with Gasteiger partial charge in [0.2, 0.25) is 6.79 Å². The summed E-state index contributed by atoms with van der Waals surface area (Å²) < 4.78 is 23.9. The minimum atomic E-state index is -1.02. The van der Waals surface area contributed by atoms with Crippen molar-refractivity contribution in [2.45, 2.75) is 39.5 Å². The molecular formula is C39H35NO7. The average molecular weight is 630 g/mol. The normalized spacial score (nSPS) is 11.7. The number of aromatic carboxylic acids is 1. The number of carboxylic acids is 1. The minimum absolute atomic E-state index is 0.0399. The molecule has 0 unspecified atom stereocenters. The fourth-order valence-electron chi connectivity index (χ4n) is 5.33. The highest BCUT2D eigenvalue weighted by atomic mass is 16.7. The van der Waals surface area contributed by atoms with E-state index in [1.54, 1.807) is 29.2 Å². The quantitative estimate of drug-likeness (QED) is 0.149. The SMILES string of the molecule is CC(C)c1cc(C(=O)N(Cc2ccc(C(=O)O)cc2)c2ccc3c(c2)OCO3)c(OCc2ccccc2)cc1OCc1ccccc1. The number of ether oxygens (including phenoxy) is 4. The maximum absolute atomic E-state index is 14.8. The molecule has 0 aromatic heterocycles. The standard InChI is InChI=1S/C39H35NO7/c1-26(2)32-20-33(36(45-24-29-11-7-4-8-12-29)21-35(32)44-23-28-9-5-3-6-10-28)38(41)40(22-27-13-15-30(16-14-27)39(42)43)31-17-18-34-37(19-31)47-25-46-34/h3-21,26H,22-25H2,1-2H3,(H,42,43). The number of carbonyl (C=O) groups excluding carboxylic acids is 1. The van der Waals surface area contributed by atoms with E-state index >= 15 is 0 Å². The van der Waals surface area contributed by atoms with Crippen LogP contribution in [-0.4, -0.2) is 23.8 Å². The highest BCUT2D eigenvalue weighted by molar-refractivity contribution is 6.08. The van der Waals surface area contributed by atoms with E-state index in [4.69, 9.17) is 18.9 Å². The summed E-state index contributed by atoms with van der Waals surface area (Å²) in [5.74, 6) is 0.885. The Labute approximate surface area is 273 Å². The number of nitrogens with zero attached hydrogens (tertiary/aromatic N) is 1. The van der Waals surface area contributed by atoms with Crippen LogP contribution in [-0.2, 0) is 19.8 Å². The van der Waals surface area contributed by atoms with E-state index in [1.807, 2.05) is 78.9 Å². The number of hydrogen-bond donors (Lipinski definition) is 1. The summed E-state index contributed by atoms with van der Waals surface area (Å²) in [5.41, 5.74) is 4.72. The van der Waals surface area contributed by atoms with Gasteiger partial charge >= 0.3 is 5.97 Å². The third kappa shape index (κ3) is 7.39. The first-order valence-corrected chi connectivity index (χ1v) is 15.4. The highest BCUT2D eigenvalue weighted by Gasteiger charge is 2.27. The van der Waals surface area contributed by atoms with Crippen molar-refractivity contribution in [3.8, 4) is 23.0 Å². The zero-order valence-electron chi connectivity index (χ0n) is 26.2. The molecule has 5 aromatic carbocycles. The number of amides is 1. The molecule has 0 radical (unpaired) electrons. The number of rotatable bonds is 12. The second kappa shape index (κ2) is 14.1. The van der Waals surface area contributed by atoms with Crippen molar-refractivity contribution >= 4 is 17.6 Å². The van der Waals surface area contributed by atoms with Crippen LogP contribution in [0.3, 0.4) is 0 Å². The van der Waals surface area contributed by atoms with Crippen molar-refractivity contribution in [2.24, 2.45) is 0 Å². The van der Waals surface area contributed by atoms with Crippen molar-refractivity contribution in [3.05, 3.63) is 149 Å². The molecule has 1 aliphatic heterocycles. The van der Waals surface area contributed by atoms with Gasteiger partial charge in [0.15, 0.2) is 11.5 Å². The van der Waals surface area contributed by atoms with Crippen LogP contribution in [0.1, 0.15) is 62.7 Å². The monoisotopic (exact) mass is 629 g/mol. The smallest absolute Gasteiger partial charge is 0.335 e. The first kappa shape index (κ1) is 31.2. The molecule has 0 fully saturated rings. The van der Waals surface area contributed by atoms with Gasteiger partial charge < -0.3 is 29.0 Å². The molecule has 238 valence electrons. The number of carbonyl (C=O) groups is 2.